The third-order valence-electron chi connectivity index (χ3n) is 1.80. The van der Waals surface area contributed by atoms with E-state index in [-0.39, 0.29) is 0 Å². The van der Waals surface area contributed by atoms with Crippen LogP contribution in [0.2, 0.25) is 0 Å². The van der Waals surface area contributed by atoms with Crippen molar-refractivity contribution in [1.29, 1.82) is 0 Å². The molecule has 0 aromatic carbocycles. The van der Waals surface area contributed by atoms with Crippen LogP contribution in [0.15, 0.2) is 24.5 Å². The van der Waals surface area contributed by atoms with E-state index in [0.29, 0.717) is 6.61 Å². The molecule has 0 amide bonds. The minimum atomic E-state index is 0.538. The summed E-state index contributed by atoms with van der Waals surface area (Å²) in [6.07, 6.45) is 3.60. The fourth-order valence-corrected chi connectivity index (χ4v) is 1.08. The molecule has 0 unspecified atom stereocenters. The van der Waals surface area contributed by atoms with Crippen molar-refractivity contribution in [2.75, 3.05) is 20.2 Å². The molecule has 0 aliphatic heterocycles. The molecule has 0 saturated heterocycles. The van der Waals surface area contributed by atoms with Crippen molar-refractivity contribution < 1.29 is 4.74 Å². The first-order valence-corrected chi connectivity index (χ1v) is 4.72. The highest BCUT2D eigenvalue weighted by atomic mass is 16.5. The van der Waals surface area contributed by atoms with Crippen LogP contribution in [0.3, 0.4) is 0 Å². The molecule has 0 atom stereocenters. The Balaban J connectivity index is 2.34. The van der Waals surface area contributed by atoms with Gasteiger partial charge in [0.1, 0.15) is 6.61 Å². The Morgan fingerprint density at radius 2 is 2.50 bits per heavy atom. The van der Waals surface area contributed by atoms with Crippen LogP contribution < -0.4 is 10.1 Å². The molecule has 14 heavy (non-hydrogen) atoms. The maximum atomic E-state index is 5.48. The van der Waals surface area contributed by atoms with Gasteiger partial charge in [0.05, 0.1) is 12.4 Å². The third kappa shape index (κ3) is 3.22. The van der Waals surface area contributed by atoms with Gasteiger partial charge in [-0.05, 0) is 19.5 Å². The lowest BCUT2D eigenvalue weighted by atomic mass is 10.3. The van der Waals surface area contributed by atoms with Crippen molar-refractivity contribution in [3.63, 3.8) is 0 Å². The first-order chi connectivity index (χ1) is 6.76. The van der Waals surface area contributed by atoms with Crippen molar-refractivity contribution >= 4 is 0 Å². The molecule has 0 aliphatic carbocycles. The van der Waals surface area contributed by atoms with Crippen molar-refractivity contribution in [2.45, 2.75) is 13.5 Å². The number of nitrogens with one attached hydrogen (secondary N) is 1. The fourth-order valence-electron chi connectivity index (χ4n) is 1.08. The van der Waals surface area contributed by atoms with Crippen LogP contribution >= 0.6 is 0 Å². The molecule has 0 spiro atoms. The monoisotopic (exact) mass is 195 g/mol. The molecule has 0 saturated carbocycles. The van der Waals surface area contributed by atoms with Gasteiger partial charge in [0.25, 0.3) is 0 Å². The molecule has 0 bridgehead atoms. The van der Waals surface area contributed by atoms with E-state index < -0.39 is 0 Å². The van der Waals surface area contributed by atoms with Crippen LogP contribution in [0.1, 0.15) is 6.92 Å². The second-order valence-corrected chi connectivity index (χ2v) is 3.10. The van der Waals surface area contributed by atoms with Gasteiger partial charge in [0.2, 0.25) is 0 Å². The van der Waals surface area contributed by atoms with Crippen LogP contribution in [-0.4, -0.2) is 30.0 Å². The van der Waals surface area contributed by atoms with Gasteiger partial charge in [0.15, 0.2) is 5.75 Å². The molecular weight excluding hydrogens is 178 g/mol. The van der Waals surface area contributed by atoms with E-state index in [1.165, 1.54) is 0 Å². The molecule has 78 valence electrons. The van der Waals surface area contributed by atoms with Crippen LogP contribution in [0.4, 0.5) is 0 Å². The lowest BCUT2D eigenvalue weighted by Gasteiger charge is -2.05. The van der Waals surface area contributed by atoms with Gasteiger partial charge < -0.3 is 10.1 Å². The smallest absolute Gasteiger partial charge is 0.157 e. The van der Waals surface area contributed by atoms with Crippen LogP contribution in [0, 0.1) is 0 Å². The molecule has 4 nitrogen and oxygen atoms in total. The summed E-state index contributed by atoms with van der Waals surface area (Å²) in [7, 11) is 1.89. The number of ether oxygens (including phenoxy) is 1. The van der Waals surface area contributed by atoms with Gasteiger partial charge >= 0.3 is 0 Å². The molecule has 4 heteroatoms. The normalized spacial score (nSPS) is 10.1. The Hall–Kier alpha value is -1.29. The summed E-state index contributed by atoms with van der Waals surface area (Å²) in [6.45, 7) is 8.09. The molecule has 0 radical (unpaired) electrons. The Kier molecular flexibility index (Phi) is 4.19. The summed E-state index contributed by atoms with van der Waals surface area (Å²) in [5, 5.41) is 7.12. The summed E-state index contributed by atoms with van der Waals surface area (Å²) in [6, 6.07) is 0. The van der Waals surface area contributed by atoms with E-state index in [0.717, 1.165) is 24.4 Å². The standard InChI is InChI=1S/C10H17N3O/c1-4-13-7-10(6-12-13)14-8-9(2)5-11-3/h6-7,11H,2,4-5,8H2,1,3H3. The molecular formula is C10H17N3O. The van der Waals surface area contributed by atoms with Crippen molar-refractivity contribution in [3.05, 3.63) is 24.5 Å². The summed E-state index contributed by atoms with van der Waals surface area (Å²) in [4.78, 5) is 0. The first kappa shape index (κ1) is 10.8. The SMILES string of the molecule is C=C(CNC)COc1cnn(CC)c1. The molecule has 1 aromatic heterocycles. The minimum Gasteiger partial charge on any atom is -0.486 e. The zero-order valence-electron chi connectivity index (χ0n) is 8.79. The third-order valence-corrected chi connectivity index (χ3v) is 1.80. The van der Waals surface area contributed by atoms with E-state index in [9.17, 15) is 0 Å². The quantitative estimate of drug-likeness (QED) is 0.690. The zero-order chi connectivity index (χ0) is 10.4. The maximum absolute atomic E-state index is 5.48. The van der Waals surface area contributed by atoms with Crippen molar-refractivity contribution in [1.82, 2.24) is 15.1 Å². The number of hydrogen-bond acceptors (Lipinski definition) is 3. The van der Waals surface area contributed by atoms with Gasteiger partial charge in [-0.15, -0.1) is 0 Å². The molecule has 0 fully saturated rings. The van der Waals surface area contributed by atoms with E-state index in [2.05, 4.69) is 17.0 Å². The van der Waals surface area contributed by atoms with Crippen LogP contribution in [0.25, 0.3) is 0 Å². The number of nitrogens with zero attached hydrogens (tertiary/aromatic N) is 2. The van der Waals surface area contributed by atoms with Gasteiger partial charge in [-0.25, -0.2) is 0 Å². The average molecular weight is 195 g/mol. The van der Waals surface area contributed by atoms with Gasteiger partial charge in [0, 0.05) is 13.1 Å². The summed E-state index contributed by atoms with van der Waals surface area (Å²) in [5.74, 6) is 0.795. The lowest BCUT2D eigenvalue weighted by Crippen LogP contribution is -2.14. The Bertz CT molecular complexity index is 293. The molecule has 1 rings (SSSR count). The number of likely N-dealkylation sites (N-methyl/N-ethyl adjacent to an activating group) is 1. The molecule has 1 N–H and O–H groups in total. The fraction of sp³-hybridized carbons (Fsp3) is 0.500. The van der Waals surface area contributed by atoms with E-state index in [1.54, 1.807) is 6.20 Å². The Morgan fingerprint density at radius 1 is 1.71 bits per heavy atom. The summed E-state index contributed by atoms with van der Waals surface area (Å²) >= 11 is 0. The average Bonchev–Trinajstić information content (AvgIpc) is 2.63. The zero-order valence-corrected chi connectivity index (χ0v) is 8.79. The second-order valence-electron chi connectivity index (χ2n) is 3.10. The highest BCUT2D eigenvalue weighted by molar-refractivity contribution is 5.13. The van der Waals surface area contributed by atoms with Crippen molar-refractivity contribution in [2.24, 2.45) is 0 Å². The molecule has 0 aliphatic rings. The van der Waals surface area contributed by atoms with Crippen LogP contribution in [-0.2, 0) is 6.54 Å². The summed E-state index contributed by atoms with van der Waals surface area (Å²) < 4.78 is 7.31. The highest BCUT2D eigenvalue weighted by Crippen LogP contribution is 2.08. The van der Waals surface area contributed by atoms with E-state index in [1.807, 2.05) is 24.9 Å². The number of hydrogen-bond donors (Lipinski definition) is 1. The topological polar surface area (TPSA) is 39.1 Å². The minimum absolute atomic E-state index is 0.538. The largest absolute Gasteiger partial charge is 0.486 e. The maximum Gasteiger partial charge on any atom is 0.157 e. The predicted molar refractivity (Wildman–Crippen MR) is 56.5 cm³/mol. The van der Waals surface area contributed by atoms with Gasteiger partial charge in [-0.2, -0.15) is 5.10 Å². The Morgan fingerprint density at radius 3 is 3.07 bits per heavy atom. The highest BCUT2D eigenvalue weighted by Gasteiger charge is 1.98. The van der Waals surface area contributed by atoms with Crippen LogP contribution in [0.5, 0.6) is 5.75 Å². The van der Waals surface area contributed by atoms with E-state index in [4.69, 9.17) is 4.74 Å². The summed E-state index contributed by atoms with van der Waals surface area (Å²) in [5.41, 5.74) is 1.02. The number of aromatic nitrogens is 2. The Labute approximate surface area is 84.6 Å². The lowest BCUT2D eigenvalue weighted by molar-refractivity contribution is 0.348. The van der Waals surface area contributed by atoms with Gasteiger partial charge in [-0.3, -0.25) is 4.68 Å². The second kappa shape index (κ2) is 5.44. The van der Waals surface area contributed by atoms with E-state index >= 15 is 0 Å². The first-order valence-electron chi connectivity index (χ1n) is 4.72. The van der Waals surface area contributed by atoms with Gasteiger partial charge in [-0.1, -0.05) is 6.58 Å². The molecule has 1 aromatic rings. The van der Waals surface area contributed by atoms with Crippen molar-refractivity contribution in [3.8, 4) is 5.75 Å². The molecule has 1 heterocycles. The number of rotatable bonds is 6. The predicted octanol–water partition coefficient (Wildman–Crippen LogP) is 1.06. The number of aryl methyl sites for hydroxylation is 1.